The minimum atomic E-state index is -3.47. The molecule has 0 aromatic heterocycles. The monoisotopic (exact) mass is 324 g/mol. The second kappa shape index (κ2) is 5.93. The Morgan fingerprint density at radius 2 is 1.71 bits per heavy atom. The minimum absolute atomic E-state index is 0.0113. The van der Waals surface area contributed by atoms with E-state index in [4.69, 9.17) is 11.6 Å². The molecule has 1 heterocycles. The molecule has 0 bridgehead atoms. The van der Waals surface area contributed by atoms with Crippen LogP contribution in [0.5, 0.6) is 0 Å². The van der Waals surface area contributed by atoms with Gasteiger partial charge in [-0.1, -0.05) is 23.7 Å². The van der Waals surface area contributed by atoms with Crippen molar-refractivity contribution < 1.29 is 8.42 Å². The largest absolute Gasteiger partial charge is 0.317 e. The molecule has 3 rings (SSSR count). The SMILES string of the molecule is O=S(=O)(NC1CCNCC1)c1ccc2cc(Cl)ccc2c1. The molecule has 1 fully saturated rings. The van der Waals surface area contributed by atoms with Crippen LogP contribution >= 0.6 is 11.6 Å². The molecule has 2 aromatic carbocycles. The highest BCUT2D eigenvalue weighted by Gasteiger charge is 2.21. The van der Waals surface area contributed by atoms with Crippen molar-refractivity contribution in [3.63, 3.8) is 0 Å². The molecule has 4 nitrogen and oxygen atoms in total. The molecule has 0 atom stereocenters. The zero-order valence-electron chi connectivity index (χ0n) is 11.5. The highest BCUT2D eigenvalue weighted by atomic mass is 35.5. The predicted octanol–water partition coefficient (Wildman–Crippen LogP) is 2.52. The molecule has 0 saturated carbocycles. The van der Waals surface area contributed by atoms with Crippen LogP contribution < -0.4 is 10.0 Å². The topological polar surface area (TPSA) is 58.2 Å². The number of halogens is 1. The Balaban J connectivity index is 1.89. The Bertz CT molecular complexity index is 755. The maximum atomic E-state index is 12.5. The molecule has 0 amide bonds. The Kier molecular flexibility index (Phi) is 4.17. The van der Waals surface area contributed by atoms with Gasteiger partial charge >= 0.3 is 0 Å². The zero-order chi connectivity index (χ0) is 14.9. The molecule has 1 aliphatic rings. The van der Waals surface area contributed by atoms with Gasteiger partial charge in [0, 0.05) is 11.1 Å². The third-order valence-corrected chi connectivity index (χ3v) is 5.50. The fraction of sp³-hybridized carbons (Fsp3) is 0.333. The van der Waals surface area contributed by atoms with E-state index in [1.54, 1.807) is 24.3 Å². The fourth-order valence-corrected chi connectivity index (χ4v) is 4.11. The van der Waals surface area contributed by atoms with Crippen molar-refractivity contribution in [2.24, 2.45) is 0 Å². The van der Waals surface area contributed by atoms with E-state index in [-0.39, 0.29) is 6.04 Å². The molecule has 112 valence electrons. The van der Waals surface area contributed by atoms with E-state index in [1.165, 1.54) is 0 Å². The summed E-state index contributed by atoms with van der Waals surface area (Å²) in [6, 6.07) is 10.5. The maximum absolute atomic E-state index is 12.5. The Hall–Kier alpha value is -1.14. The van der Waals surface area contributed by atoms with E-state index in [0.717, 1.165) is 36.7 Å². The molecule has 0 unspecified atom stereocenters. The summed E-state index contributed by atoms with van der Waals surface area (Å²) in [4.78, 5) is 0.302. The second-order valence-corrected chi connectivity index (χ2v) is 7.45. The predicted molar refractivity (Wildman–Crippen MR) is 85.2 cm³/mol. The van der Waals surface area contributed by atoms with Gasteiger partial charge in [0.25, 0.3) is 0 Å². The van der Waals surface area contributed by atoms with Gasteiger partial charge < -0.3 is 5.32 Å². The summed E-state index contributed by atoms with van der Waals surface area (Å²) in [5, 5.41) is 5.67. The highest BCUT2D eigenvalue weighted by Crippen LogP contribution is 2.23. The fourth-order valence-electron chi connectivity index (χ4n) is 2.59. The Morgan fingerprint density at radius 3 is 2.48 bits per heavy atom. The first-order valence-electron chi connectivity index (χ1n) is 6.97. The molecule has 1 saturated heterocycles. The lowest BCUT2D eigenvalue weighted by atomic mass is 10.1. The number of rotatable bonds is 3. The van der Waals surface area contributed by atoms with Gasteiger partial charge in [0.15, 0.2) is 0 Å². The maximum Gasteiger partial charge on any atom is 0.240 e. The van der Waals surface area contributed by atoms with Crippen molar-refractivity contribution in [1.82, 2.24) is 10.0 Å². The average molecular weight is 325 g/mol. The van der Waals surface area contributed by atoms with Gasteiger partial charge in [-0.15, -0.1) is 0 Å². The number of benzene rings is 2. The van der Waals surface area contributed by atoms with Crippen LogP contribution in [-0.2, 0) is 10.0 Å². The number of fused-ring (bicyclic) bond motifs is 1. The van der Waals surface area contributed by atoms with Gasteiger partial charge in [-0.25, -0.2) is 13.1 Å². The molecule has 0 spiro atoms. The third-order valence-electron chi connectivity index (χ3n) is 3.75. The van der Waals surface area contributed by atoms with E-state index < -0.39 is 10.0 Å². The van der Waals surface area contributed by atoms with Crippen LogP contribution in [-0.4, -0.2) is 27.5 Å². The van der Waals surface area contributed by atoms with Gasteiger partial charge in [-0.3, -0.25) is 0 Å². The van der Waals surface area contributed by atoms with Crippen LogP contribution in [0.25, 0.3) is 10.8 Å². The number of nitrogens with one attached hydrogen (secondary N) is 2. The van der Waals surface area contributed by atoms with E-state index in [2.05, 4.69) is 10.0 Å². The zero-order valence-corrected chi connectivity index (χ0v) is 13.0. The van der Waals surface area contributed by atoms with Crippen LogP contribution in [0.3, 0.4) is 0 Å². The summed E-state index contributed by atoms with van der Waals surface area (Å²) in [5.74, 6) is 0. The van der Waals surface area contributed by atoms with E-state index in [9.17, 15) is 8.42 Å². The summed E-state index contributed by atoms with van der Waals surface area (Å²) in [6.07, 6.45) is 1.64. The quantitative estimate of drug-likeness (QED) is 0.912. The van der Waals surface area contributed by atoms with Crippen LogP contribution in [0, 0.1) is 0 Å². The first-order valence-corrected chi connectivity index (χ1v) is 8.83. The lowest BCUT2D eigenvalue weighted by molar-refractivity contribution is 0.427. The number of hydrogen-bond donors (Lipinski definition) is 2. The summed E-state index contributed by atoms with van der Waals surface area (Å²) in [7, 11) is -3.47. The summed E-state index contributed by atoms with van der Waals surface area (Å²) >= 11 is 5.94. The van der Waals surface area contributed by atoms with E-state index in [0.29, 0.717) is 9.92 Å². The van der Waals surface area contributed by atoms with Crippen LogP contribution in [0.4, 0.5) is 0 Å². The average Bonchev–Trinajstić information content (AvgIpc) is 2.47. The first-order chi connectivity index (χ1) is 10.0. The van der Waals surface area contributed by atoms with Gasteiger partial charge in [0.1, 0.15) is 0 Å². The molecule has 21 heavy (non-hydrogen) atoms. The first kappa shape index (κ1) is 14.8. The third kappa shape index (κ3) is 3.37. The van der Waals surface area contributed by atoms with Crippen molar-refractivity contribution in [3.8, 4) is 0 Å². The lowest BCUT2D eigenvalue weighted by Gasteiger charge is -2.23. The highest BCUT2D eigenvalue weighted by molar-refractivity contribution is 7.89. The summed E-state index contributed by atoms with van der Waals surface area (Å²) < 4.78 is 27.7. The van der Waals surface area contributed by atoms with Crippen molar-refractivity contribution in [1.29, 1.82) is 0 Å². The van der Waals surface area contributed by atoms with Crippen molar-refractivity contribution in [3.05, 3.63) is 41.4 Å². The molecule has 2 aromatic rings. The van der Waals surface area contributed by atoms with Gasteiger partial charge in [0.2, 0.25) is 10.0 Å². The standard InChI is InChI=1S/C15H17ClN2O2S/c16-13-3-1-12-10-15(4-2-11(12)9-13)21(19,20)18-14-5-7-17-8-6-14/h1-4,9-10,14,17-18H,5-8H2. The number of hydrogen-bond acceptors (Lipinski definition) is 3. The van der Waals surface area contributed by atoms with Gasteiger partial charge in [0.05, 0.1) is 4.90 Å². The Labute approximate surface area is 129 Å². The van der Waals surface area contributed by atoms with E-state index >= 15 is 0 Å². The molecule has 6 heteroatoms. The van der Waals surface area contributed by atoms with Crippen LogP contribution in [0.1, 0.15) is 12.8 Å². The molecule has 2 N–H and O–H groups in total. The van der Waals surface area contributed by atoms with Crippen molar-refractivity contribution >= 4 is 32.4 Å². The number of piperidine rings is 1. The molecular formula is C15H17ClN2O2S. The van der Waals surface area contributed by atoms with Crippen molar-refractivity contribution in [2.45, 2.75) is 23.8 Å². The second-order valence-electron chi connectivity index (χ2n) is 5.30. The smallest absolute Gasteiger partial charge is 0.240 e. The van der Waals surface area contributed by atoms with Crippen LogP contribution in [0.2, 0.25) is 5.02 Å². The summed E-state index contributed by atoms with van der Waals surface area (Å²) in [5.41, 5.74) is 0. The van der Waals surface area contributed by atoms with E-state index in [1.807, 2.05) is 12.1 Å². The van der Waals surface area contributed by atoms with Gasteiger partial charge in [-0.2, -0.15) is 0 Å². The minimum Gasteiger partial charge on any atom is -0.317 e. The molecular weight excluding hydrogens is 308 g/mol. The number of sulfonamides is 1. The molecule has 0 radical (unpaired) electrons. The molecule has 1 aliphatic heterocycles. The van der Waals surface area contributed by atoms with Crippen molar-refractivity contribution in [2.75, 3.05) is 13.1 Å². The lowest BCUT2D eigenvalue weighted by Crippen LogP contribution is -2.42. The van der Waals surface area contributed by atoms with Crippen LogP contribution in [0.15, 0.2) is 41.3 Å². The Morgan fingerprint density at radius 1 is 1.05 bits per heavy atom. The summed E-state index contributed by atoms with van der Waals surface area (Å²) in [6.45, 7) is 1.70. The normalized spacial score (nSPS) is 17.2. The van der Waals surface area contributed by atoms with Gasteiger partial charge in [-0.05, 0) is 61.0 Å². The molecule has 0 aliphatic carbocycles.